The average molecular weight is 268 g/mol. The molecule has 0 atom stereocenters. The van der Waals surface area contributed by atoms with Crippen molar-refractivity contribution in [2.75, 3.05) is 26.7 Å². The first-order valence-electron chi connectivity index (χ1n) is 6.66. The number of hydrogen-bond acceptors (Lipinski definition) is 3. The van der Waals surface area contributed by atoms with Gasteiger partial charge >= 0.3 is 0 Å². The van der Waals surface area contributed by atoms with Crippen LogP contribution in [0, 0.1) is 0 Å². The lowest BCUT2D eigenvalue weighted by Gasteiger charge is -2.23. The zero-order chi connectivity index (χ0) is 13.4. The van der Waals surface area contributed by atoms with Crippen molar-refractivity contribution < 1.29 is 4.79 Å². The van der Waals surface area contributed by atoms with Crippen LogP contribution in [0.15, 0.2) is 17.5 Å². The van der Waals surface area contributed by atoms with Crippen molar-refractivity contribution in [2.24, 2.45) is 0 Å². The predicted octanol–water partition coefficient (Wildman–Crippen LogP) is 2.83. The van der Waals surface area contributed by atoms with Crippen LogP contribution < -0.4 is 0 Å². The van der Waals surface area contributed by atoms with E-state index in [-0.39, 0.29) is 5.91 Å². The van der Waals surface area contributed by atoms with E-state index in [1.54, 1.807) is 11.3 Å². The minimum absolute atomic E-state index is 0.210. The Balaban J connectivity index is 2.38. The van der Waals surface area contributed by atoms with Crippen LogP contribution in [0.1, 0.15) is 31.6 Å². The van der Waals surface area contributed by atoms with Gasteiger partial charge in [0.25, 0.3) is 0 Å². The second-order valence-electron chi connectivity index (χ2n) is 4.55. The maximum absolute atomic E-state index is 12.1. The van der Waals surface area contributed by atoms with Gasteiger partial charge in [0.15, 0.2) is 0 Å². The number of hydrogen-bond donors (Lipinski definition) is 0. The molecular formula is C14H24N2OS. The van der Waals surface area contributed by atoms with Crippen molar-refractivity contribution in [1.82, 2.24) is 9.80 Å². The summed E-state index contributed by atoms with van der Waals surface area (Å²) < 4.78 is 0. The smallest absolute Gasteiger partial charge is 0.236 e. The zero-order valence-electron chi connectivity index (χ0n) is 11.7. The van der Waals surface area contributed by atoms with Crippen LogP contribution in [0.25, 0.3) is 0 Å². The van der Waals surface area contributed by atoms with Crippen molar-refractivity contribution in [3.8, 4) is 0 Å². The summed E-state index contributed by atoms with van der Waals surface area (Å²) in [5.41, 5.74) is 0. The summed E-state index contributed by atoms with van der Waals surface area (Å²) in [5, 5.41) is 2.05. The molecule has 1 amide bonds. The summed E-state index contributed by atoms with van der Waals surface area (Å²) in [7, 11) is 1.88. The fourth-order valence-corrected chi connectivity index (χ4v) is 2.52. The second-order valence-corrected chi connectivity index (χ2v) is 5.58. The Morgan fingerprint density at radius 2 is 2.17 bits per heavy atom. The van der Waals surface area contributed by atoms with Gasteiger partial charge in [-0.25, -0.2) is 0 Å². The van der Waals surface area contributed by atoms with Crippen molar-refractivity contribution in [2.45, 2.75) is 33.2 Å². The Labute approximate surface area is 114 Å². The molecule has 0 bridgehead atoms. The summed E-state index contributed by atoms with van der Waals surface area (Å²) in [4.78, 5) is 17.4. The fraction of sp³-hybridized carbons (Fsp3) is 0.643. The lowest BCUT2D eigenvalue weighted by atomic mass is 10.3. The highest BCUT2D eigenvalue weighted by Crippen LogP contribution is 2.11. The lowest BCUT2D eigenvalue weighted by molar-refractivity contribution is -0.131. The van der Waals surface area contributed by atoms with E-state index >= 15 is 0 Å². The van der Waals surface area contributed by atoms with Crippen molar-refractivity contribution in [3.05, 3.63) is 22.4 Å². The van der Waals surface area contributed by atoms with E-state index in [0.29, 0.717) is 6.54 Å². The van der Waals surface area contributed by atoms with Crippen molar-refractivity contribution in [1.29, 1.82) is 0 Å². The normalized spacial score (nSPS) is 10.9. The molecule has 102 valence electrons. The standard InChI is InChI=1S/C14H24N2OS/c1-4-6-9-16(5-2)12-14(17)15(3)11-13-8-7-10-18-13/h7-8,10H,4-6,9,11-12H2,1-3H3. The highest BCUT2D eigenvalue weighted by Gasteiger charge is 2.13. The SMILES string of the molecule is CCCCN(CC)CC(=O)N(C)Cc1cccs1. The molecule has 0 aromatic carbocycles. The molecule has 0 unspecified atom stereocenters. The van der Waals surface area contributed by atoms with E-state index in [0.717, 1.165) is 26.1 Å². The van der Waals surface area contributed by atoms with Crippen LogP contribution >= 0.6 is 11.3 Å². The monoisotopic (exact) mass is 268 g/mol. The highest BCUT2D eigenvalue weighted by atomic mass is 32.1. The van der Waals surface area contributed by atoms with Crippen molar-refractivity contribution >= 4 is 17.2 Å². The molecule has 18 heavy (non-hydrogen) atoms. The molecule has 0 saturated heterocycles. The first-order valence-corrected chi connectivity index (χ1v) is 7.54. The van der Waals surface area contributed by atoms with Gasteiger partial charge in [0.1, 0.15) is 0 Å². The molecule has 1 heterocycles. The van der Waals surface area contributed by atoms with Gasteiger partial charge in [0.2, 0.25) is 5.91 Å². The van der Waals surface area contributed by atoms with Crippen LogP contribution in [-0.4, -0.2) is 42.4 Å². The number of thiophene rings is 1. The summed E-state index contributed by atoms with van der Waals surface area (Å²) in [6.07, 6.45) is 2.34. The third kappa shape index (κ3) is 5.19. The summed E-state index contributed by atoms with van der Waals surface area (Å²) in [5.74, 6) is 0.210. The average Bonchev–Trinajstić information content (AvgIpc) is 2.86. The van der Waals surface area contributed by atoms with E-state index in [9.17, 15) is 4.79 Å². The molecule has 0 aliphatic carbocycles. The number of nitrogens with zero attached hydrogens (tertiary/aromatic N) is 2. The van der Waals surface area contributed by atoms with E-state index in [1.807, 2.05) is 23.4 Å². The number of carbonyl (C=O) groups is 1. The fourth-order valence-electron chi connectivity index (χ4n) is 1.77. The minimum atomic E-state index is 0.210. The quantitative estimate of drug-likeness (QED) is 0.724. The van der Waals surface area contributed by atoms with E-state index in [4.69, 9.17) is 0 Å². The number of likely N-dealkylation sites (N-methyl/N-ethyl adjacent to an activating group) is 2. The topological polar surface area (TPSA) is 23.6 Å². The zero-order valence-corrected chi connectivity index (χ0v) is 12.5. The molecule has 1 rings (SSSR count). The molecule has 0 aliphatic heterocycles. The highest BCUT2D eigenvalue weighted by molar-refractivity contribution is 7.09. The number of carbonyl (C=O) groups excluding carboxylic acids is 1. The van der Waals surface area contributed by atoms with Crippen LogP contribution in [0.5, 0.6) is 0 Å². The van der Waals surface area contributed by atoms with Crippen LogP contribution in [0.2, 0.25) is 0 Å². The first kappa shape index (κ1) is 15.2. The summed E-state index contributed by atoms with van der Waals surface area (Å²) in [6.45, 7) is 7.52. The van der Waals surface area contributed by atoms with Gasteiger partial charge < -0.3 is 4.90 Å². The molecule has 0 spiro atoms. The van der Waals surface area contributed by atoms with Gasteiger partial charge in [-0.2, -0.15) is 0 Å². The molecule has 0 radical (unpaired) electrons. The molecule has 3 nitrogen and oxygen atoms in total. The number of amides is 1. The van der Waals surface area contributed by atoms with Gasteiger partial charge in [-0.3, -0.25) is 9.69 Å². The van der Waals surface area contributed by atoms with Gasteiger partial charge in [0, 0.05) is 11.9 Å². The third-order valence-corrected chi connectivity index (χ3v) is 3.89. The predicted molar refractivity (Wildman–Crippen MR) is 77.8 cm³/mol. The van der Waals surface area contributed by atoms with E-state index in [1.165, 1.54) is 11.3 Å². The maximum atomic E-state index is 12.1. The number of rotatable bonds is 8. The van der Waals surface area contributed by atoms with Gasteiger partial charge in [-0.15, -0.1) is 11.3 Å². The molecular weight excluding hydrogens is 244 g/mol. The van der Waals surface area contributed by atoms with E-state index in [2.05, 4.69) is 24.8 Å². The van der Waals surface area contributed by atoms with Crippen molar-refractivity contribution in [3.63, 3.8) is 0 Å². The summed E-state index contributed by atoms with van der Waals surface area (Å²) >= 11 is 1.70. The molecule has 0 saturated carbocycles. The summed E-state index contributed by atoms with van der Waals surface area (Å²) in [6, 6.07) is 4.10. The lowest BCUT2D eigenvalue weighted by Crippen LogP contribution is -2.38. The molecule has 0 N–H and O–H groups in total. The Morgan fingerprint density at radius 3 is 2.72 bits per heavy atom. The Bertz CT molecular complexity index is 338. The molecule has 1 aromatic rings. The van der Waals surface area contributed by atoms with Crippen LogP contribution in [-0.2, 0) is 11.3 Å². The Hall–Kier alpha value is -0.870. The molecule has 0 fully saturated rings. The Kier molecular flexibility index (Phi) is 6.98. The van der Waals surface area contributed by atoms with E-state index < -0.39 is 0 Å². The van der Waals surface area contributed by atoms with Crippen LogP contribution in [0.4, 0.5) is 0 Å². The molecule has 0 aliphatic rings. The minimum Gasteiger partial charge on any atom is -0.340 e. The van der Waals surface area contributed by atoms with Crippen LogP contribution in [0.3, 0.4) is 0 Å². The second kappa shape index (κ2) is 8.27. The molecule has 4 heteroatoms. The first-order chi connectivity index (χ1) is 8.67. The van der Waals surface area contributed by atoms with Gasteiger partial charge in [-0.1, -0.05) is 26.3 Å². The van der Waals surface area contributed by atoms with Gasteiger partial charge in [-0.05, 0) is 31.0 Å². The molecule has 1 aromatic heterocycles. The Morgan fingerprint density at radius 1 is 1.39 bits per heavy atom. The van der Waals surface area contributed by atoms with Gasteiger partial charge in [0.05, 0.1) is 13.1 Å². The largest absolute Gasteiger partial charge is 0.340 e. The maximum Gasteiger partial charge on any atom is 0.236 e. The third-order valence-electron chi connectivity index (χ3n) is 3.03. The number of unbranched alkanes of at least 4 members (excludes halogenated alkanes) is 1.